The van der Waals surface area contributed by atoms with Crippen LogP contribution in [0.3, 0.4) is 0 Å². The lowest BCUT2D eigenvalue weighted by molar-refractivity contribution is -0.117. The normalized spacial score (nSPS) is 24.4. The van der Waals surface area contributed by atoms with Crippen LogP contribution >= 0.6 is 0 Å². The summed E-state index contributed by atoms with van der Waals surface area (Å²) in [6.07, 6.45) is 8.61. The third-order valence-electron chi connectivity index (χ3n) is 5.07. The average molecular weight is 257 g/mol. The van der Waals surface area contributed by atoms with Crippen molar-refractivity contribution >= 4 is 6.29 Å². The molecule has 19 heavy (non-hydrogen) atoms. The summed E-state index contributed by atoms with van der Waals surface area (Å²) in [5.41, 5.74) is 1.46. The fourth-order valence-corrected chi connectivity index (χ4v) is 3.85. The average Bonchev–Trinajstić information content (AvgIpc) is 2.44. The van der Waals surface area contributed by atoms with Gasteiger partial charge < -0.3 is 4.79 Å². The van der Waals surface area contributed by atoms with E-state index in [4.69, 9.17) is 0 Å². The van der Waals surface area contributed by atoms with Crippen LogP contribution in [0.15, 0.2) is 30.3 Å². The third-order valence-corrected chi connectivity index (χ3v) is 5.07. The Morgan fingerprint density at radius 3 is 2.21 bits per heavy atom. The van der Waals surface area contributed by atoms with Crippen molar-refractivity contribution in [3.63, 3.8) is 0 Å². The molecule has 2 aliphatic rings. The predicted molar refractivity (Wildman–Crippen MR) is 77.2 cm³/mol. The Morgan fingerprint density at radius 2 is 1.68 bits per heavy atom. The van der Waals surface area contributed by atoms with Crippen molar-refractivity contribution < 1.29 is 4.79 Å². The lowest BCUT2D eigenvalue weighted by atomic mass is 9.60. The monoisotopic (exact) mass is 257 g/mol. The van der Waals surface area contributed by atoms with E-state index in [2.05, 4.69) is 35.2 Å². The topological polar surface area (TPSA) is 20.3 Å². The van der Waals surface area contributed by atoms with Crippen LogP contribution in [0.25, 0.3) is 0 Å². The molecule has 2 nitrogen and oxygen atoms in total. The maximum Gasteiger partial charge on any atom is 0.138 e. The second-order valence-electron chi connectivity index (χ2n) is 6.05. The number of likely N-dealkylation sites (tertiary alicyclic amines) is 1. The first-order valence-electron chi connectivity index (χ1n) is 7.62. The molecule has 1 atom stereocenters. The van der Waals surface area contributed by atoms with E-state index in [1.54, 1.807) is 0 Å². The predicted octanol–water partition coefficient (Wildman–Crippen LogP) is 3.16. The van der Waals surface area contributed by atoms with Crippen LogP contribution in [-0.2, 0) is 10.2 Å². The van der Waals surface area contributed by atoms with Crippen molar-refractivity contribution in [2.45, 2.75) is 50.0 Å². The second-order valence-corrected chi connectivity index (χ2v) is 6.05. The summed E-state index contributed by atoms with van der Waals surface area (Å²) in [5, 5.41) is 0. The highest BCUT2D eigenvalue weighted by Crippen LogP contribution is 2.47. The van der Waals surface area contributed by atoms with Gasteiger partial charge in [-0.3, -0.25) is 4.90 Å². The third kappa shape index (κ3) is 2.23. The first-order chi connectivity index (χ1) is 9.37. The van der Waals surface area contributed by atoms with Crippen LogP contribution in [0.2, 0.25) is 0 Å². The van der Waals surface area contributed by atoms with Crippen molar-refractivity contribution in [1.82, 2.24) is 4.90 Å². The number of benzene rings is 1. The highest BCUT2D eigenvalue weighted by Gasteiger charge is 2.47. The Morgan fingerprint density at radius 1 is 1.00 bits per heavy atom. The summed E-state index contributed by atoms with van der Waals surface area (Å²) in [5.74, 6) is 0. The maximum absolute atomic E-state index is 11.8. The van der Waals surface area contributed by atoms with Gasteiger partial charge in [0.05, 0.1) is 6.04 Å². The van der Waals surface area contributed by atoms with Gasteiger partial charge in [0.1, 0.15) is 6.29 Å². The lowest BCUT2D eigenvalue weighted by Gasteiger charge is -2.50. The summed E-state index contributed by atoms with van der Waals surface area (Å²) in [6.45, 7) is 2.19. The Labute approximate surface area is 115 Å². The molecule has 1 heterocycles. The van der Waals surface area contributed by atoms with Crippen LogP contribution in [0.1, 0.15) is 44.1 Å². The standard InChI is InChI=1S/C17H23NO/c19-14-16(18-12-5-2-6-13-18)17(10-7-11-17)15-8-3-1-4-9-15/h1,3-4,8-9,14,16H,2,5-7,10-13H2. The van der Waals surface area contributed by atoms with Crippen molar-refractivity contribution in [3.8, 4) is 0 Å². The molecular weight excluding hydrogens is 234 g/mol. The minimum atomic E-state index is 0.0870. The van der Waals surface area contributed by atoms with E-state index >= 15 is 0 Å². The number of carbonyl (C=O) groups is 1. The summed E-state index contributed by atoms with van der Waals surface area (Å²) < 4.78 is 0. The number of aldehydes is 1. The quantitative estimate of drug-likeness (QED) is 0.772. The van der Waals surface area contributed by atoms with E-state index in [1.165, 1.54) is 37.5 Å². The van der Waals surface area contributed by atoms with Gasteiger partial charge in [0.25, 0.3) is 0 Å². The van der Waals surface area contributed by atoms with Crippen molar-refractivity contribution in [2.24, 2.45) is 0 Å². The number of hydrogen-bond acceptors (Lipinski definition) is 2. The highest BCUT2D eigenvalue weighted by atomic mass is 16.1. The Hall–Kier alpha value is -1.15. The van der Waals surface area contributed by atoms with Gasteiger partial charge in [0.2, 0.25) is 0 Å². The van der Waals surface area contributed by atoms with Crippen LogP contribution in [0, 0.1) is 0 Å². The molecular formula is C17H23NO. The molecule has 0 N–H and O–H groups in total. The molecule has 0 bridgehead atoms. The van der Waals surface area contributed by atoms with E-state index in [0.717, 1.165) is 25.9 Å². The molecule has 3 rings (SSSR count). The highest BCUT2D eigenvalue weighted by molar-refractivity contribution is 5.63. The molecule has 102 valence electrons. The van der Waals surface area contributed by atoms with Gasteiger partial charge in [-0.25, -0.2) is 0 Å². The molecule has 1 aromatic rings. The van der Waals surface area contributed by atoms with Gasteiger partial charge in [-0.1, -0.05) is 43.2 Å². The zero-order chi connectivity index (χ0) is 13.1. The van der Waals surface area contributed by atoms with Crippen LogP contribution < -0.4 is 0 Å². The van der Waals surface area contributed by atoms with E-state index < -0.39 is 0 Å². The molecule has 0 radical (unpaired) electrons. The number of piperidine rings is 1. The SMILES string of the molecule is O=CC(N1CCCCC1)C1(c2ccccc2)CCC1. The maximum atomic E-state index is 11.8. The van der Waals surface area contributed by atoms with Crippen LogP contribution in [-0.4, -0.2) is 30.3 Å². The molecule has 1 aliphatic carbocycles. The van der Waals surface area contributed by atoms with Gasteiger partial charge in [0.15, 0.2) is 0 Å². The Balaban J connectivity index is 1.89. The minimum absolute atomic E-state index is 0.0870. The number of nitrogens with zero attached hydrogens (tertiary/aromatic N) is 1. The summed E-state index contributed by atoms with van der Waals surface area (Å²) >= 11 is 0. The Bertz CT molecular complexity index is 418. The smallest absolute Gasteiger partial charge is 0.138 e. The van der Waals surface area contributed by atoms with Gasteiger partial charge >= 0.3 is 0 Å². The minimum Gasteiger partial charge on any atom is -0.302 e. The van der Waals surface area contributed by atoms with E-state index in [-0.39, 0.29) is 11.5 Å². The lowest BCUT2D eigenvalue weighted by Crippen LogP contribution is -2.56. The van der Waals surface area contributed by atoms with Gasteiger partial charge in [-0.15, -0.1) is 0 Å². The van der Waals surface area contributed by atoms with Gasteiger partial charge in [-0.05, 0) is 44.3 Å². The van der Waals surface area contributed by atoms with E-state index in [0.29, 0.717) is 0 Å². The molecule has 0 spiro atoms. The first kappa shape index (κ1) is 12.9. The fourth-order valence-electron chi connectivity index (χ4n) is 3.85. The van der Waals surface area contributed by atoms with E-state index in [1.807, 2.05) is 0 Å². The molecule has 2 heteroatoms. The number of rotatable bonds is 4. The number of carbonyl (C=O) groups excluding carboxylic acids is 1. The van der Waals surface area contributed by atoms with Crippen LogP contribution in [0.5, 0.6) is 0 Å². The van der Waals surface area contributed by atoms with Crippen molar-refractivity contribution in [2.75, 3.05) is 13.1 Å². The van der Waals surface area contributed by atoms with Gasteiger partial charge in [-0.2, -0.15) is 0 Å². The molecule has 2 fully saturated rings. The molecule has 1 unspecified atom stereocenters. The summed E-state index contributed by atoms with van der Waals surface area (Å²) in [6, 6.07) is 10.8. The first-order valence-corrected chi connectivity index (χ1v) is 7.62. The van der Waals surface area contributed by atoms with Crippen molar-refractivity contribution in [3.05, 3.63) is 35.9 Å². The molecule has 1 saturated carbocycles. The Kier molecular flexibility index (Phi) is 3.69. The zero-order valence-electron chi connectivity index (χ0n) is 11.6. The largest absolute Gasteiger partial charge is 0.302 e. The van der Waals surface area contributed by atoms with Crippen LogP contribution in [0.4, 0.5) is 0 Å². The van der Waals surface area contributed by atoms with Crippen molar-refractivity contribution in [1.29, 1.82) is 0 Å². The zero-order valence-corrected chi connectivity index (χ0v) is 11.6. The van der Waals surface area contributed by atoms with Gasteiger partial charge in [0, 0.05) is 5.41 Å². The molecule has 1 aromatic carbocycles. The molecule has 1 saturated heterocycles. The summed E-state index contributed by atoms with van der Waals surface area (Å²) in [7, 11) is 0. The number of hydrogen-bond donors (Lipinski definition) is 0. The molecule has 0 amide bonds. The molecule has 0 aromatic heterocycles. The van der Waals surface area contributed by atoms with E-state index in [9.17, 15) is 4.79 Å². The fraction of sp³-hybridized carbons (Fsp3) is 0.588. The second kappa shape index (κ2) is 5.46. The summed E-state index contributed by atoms with van der Waals surface area (Å²) in [4.78, 5) is 14.2. The molecule has 1 aliphatic heterocycles.